The van der Waals surface area contributed by atoms with Gasteiger partial charge in [-0.2, -0.15) is 0 Å². The molecule has 0 heterocycles. The molecule has 3 aromatic rings. The third-order valence-electron chi connectivity index (χ3n) is 4.83. The molecule has 0 aromatic heterocycles. The molecule has 0 saturated heterocycles. The lowest BCUT2D eigenvalue weighted by atomic mass is 10.1. The van der Waals surface area contributed by atoms with Crippen LogP contribution in [-0.2, 0) is 10.0 Å². The van der Waals surface area contributed by atoms with Gasteiger partial charge in [0.2, 0.25) is 0 Å². The van der Waals surface area contributed by atoms with Crippen molar-refractivity contribution in [3.8, 4) is 5.75 Å². The maximum absolute atomic E-state index is 12.7. The van der Waals surface area contributed by atoms with E-state index in [1.807, 2.05) is 38.1 Å². The van der Waals surface area contributed by atoms with Crippen molar-refractivity contribution in [2.24, 2.45) is 0 Å². The second-order valence-electron chi connectivity index (χ2n) is 7.31. The molecule has 3 rings (SSSR count). The van der Waals surface area contributed by atoms with Gasteiger partial charge in [0.25, 0.3) is 15.9 Å². The smallest absolute Gasteiger partial charge is 0.261 e. The van der Waals surface area contributed by atoms with Gasteiger partial charge >= 0.3 is 0 Å². The first-order chi connectivity index (χ1) is 14.8. The van der Waals surface area contributed by atoms with Crippen LogP contribution >= 0.6 is 0 Å². The Bertz CT molecular complexity index is 1160. The number of carbonyl (C=O) groups excluding carboxylic acids is 1. The third-order valence-corrected chi connectivity index (χ3v) is 6.21. The van der Waals surface area contributed by atoms with E-state index in [2.05, 4.69) is 10.0 Å². The standard InChI is InChI=1S/C24H26N2O4S/c1-17-7-11-20(12-8-17)30-16-15-25-24(27)22-5-4-6-23(19(22)3)26-31(28,29)21-13-9-18(2)10-14-21/h4-14,26H,15-16H2,1-3H3,(H,25,27). The fourth-order valence-electron chi connectivity index (χ4n) is 2.98. The van der Waals surface area contributed by atoms with Crippen molar-refractivity contribution in [2.45, 2.75) is 25.7 Å². The minimum atomic E-state index is -3.75. The number of hydrogen-bond donors (Lipinski definition) is 2. The van der Waals surface area contributed by atoms with Crippen molar-refractivity contribution in [1.29, 1.82) is 0 Å². The second-order valence-corrected chi connectivity index (χ2v) is 9.00. The van der Waals surface area contributed by atoms with Crippen LogP contribution in [0.3, 0.4) is 0 Å². The van der Waals surface area contributed by atoms with Crippen LogP contribution in [-0.4, -0.2) is 27.5 Å². The fourth-order valence-corrected chi connectivity index (χ4v) is 4.10. The zero-order valence-electron chi connectivity index (χ0n) is 17.8. The van der Waals surface area contributed by atoms with E-state index in [0.29, 0.717) is 30.0 Å². The van der Waals surface area contributed by atoms with Gasteiger partial charge in [0, 0.05) is 5.56 Å². The highest BCUT2D eigenvalue weighted by Crippen LogP contribution is 2.23. The van der Waals surface area contributed by atoms with Crippen molar-refractivity contribution < 1.29 is 17.9 Å². The Balaban J connectivity index is 1.63. The molecule has 2 N–H and O–H groups in total. The molecule has 0 unspecified atom stereocenters. The highest BCUT2D eigenvalue weighted by atomic mass is 32.2. The van der Waals surface area contributed by atoms with Crippen molar-refractivity contribution >= 4 is 21.6 Å². The van der Waals surface area contributed by atoms with Gasteiger partial charge in [-0.25, -0.2) is 8.42 Å². The van der Waals surface area contributed by atoms with Crippen molar-refractivity contribution in [2.75, 3.05) is 17.9 Å². The maximum Gasteiger partial charge on any atom is 0.261 e. The highest BCUT2D eigenvalue weighted by molar-refractivity contribution is 7.92. The third kappa shape index (κ3) is 5.86. The zero-order chi connectivity index (χ0) is 22.4. The lowest BCUT2D eigenvalue weighted by molar-refractivity contribution is 0.0946. The van der Waals surface area contributed by atoms with Gasteiger partial charge in [0.05, 0.1) is 17.1 Å². The molecular weight excluding hydrogens is 412 g/mol. The van der Waals surface area contributed by atoms with Gasteiger partial charge in [-0.1, -0.05) is 41.5 Å². The number of carbonyl (C=O) groups is 1. The van der Waals surface area contributed by atoms with E-state index in [-0.39, 0.29) is 10.8 Å². The summed E-state index contributed by atoms with van der Waals surface area (Å²) in [6, 6.07) is 19.2. The van der Waals surface area contributed by atoms with Crippen molar-refractivity contribution in [3.05, 3.63) is 89.0 Å². The van der Waals surface area contributed by atoms with Gasteiger partial charge in [0.15, 0.2) is 0 Å². The number of amides is 1. The fraction of sp³-hybridized carbons (Fsp3) is 0.208. The Morgan fingerprint density at radius 3 is 2.13 bits per heavy atom. The van der Waals surface area contributed by atoms with E-state index < -0.39 is 10.0 Å². The van der Waals surface area contributed by atoms with Crippen LogP contribution in [0.25, 0.3) is 0 Å². The highest BCUT2D eigenvalue weighted by Gasteiger charge is 2.18. The summed E-state index contributed by atoms with van der Waals surface area (Å²) in [5, 5.41) is 2.81. The molecule has 0 fully saturated rings. The number of sulfonamides is 1. The molecule has 0 aliphatic carbocycles. The molecule has 31 heavy (non-hydrogen) atoms. The summed E-state index contributed by atoms with van der Waals surface area (Å²) >= 11 is 0. The topological polar surface area (TPSA) is 84.5 Å². The normalized spacial score (nSPS) is 11.1. The number of ether oxygens (including phenoxy) is 1. The van der Waals surface area contributed by atoms with Crippen molar-refractivity contribution in [3.63, 3.8) is 0 Å². The maximum atomic E-state index is 12.7. The van der Waals surface area contributed by atoms with E-state index in [4.69, 9.17) is 4.74 Å². The zero-order valence-corrected chi connectivity index (χ0v) is 18.6. The summed E-state index contributed by atoms with van der Waals surface area (Å²) in [6.07, 6.45) is 0. The molecule has 1 amide bonds. The first kappa shape index (κ1) is 22.4. The minimum absolute atomic E-state index is 0.167. The van der Waals surface area contributed by atoms with Gasteiger partial charge in [-0.3, -0.25) is 9.52 Å². The van der Waals surface area contributed by atoms with Crippen LogP contribution in [0.4, 0.5) is 5.69 Å². The molecule has 0 spiro atoms. The summed E-state index contributed by atoms with van der Waals surface area (Å²) in [5.41, 5.74) is 3.44. The molecule has 7 heteroatoms. The van der Waals surface area contributed by atoms with Gasteiger partial charge in [-0.05, 0) is 62.7 Å². The molecule has 3 aromatic carbocycles. The predicted octanol–water partition coefficient (Wildman–Crippen LogP) is 4.22. The quantitative estimate of drug-likeness (QED) is 0.516. The first-order valence-electron chi connectivity index (χ1n) is 9.93. The summed E-state index contributed by atoms with van der Waals surface area (Å²) < 4.78 is 33.6. The van der Waals surface area contributed by atoms with Crippen LogP contribution in [0.15, 0.2) is 71.6 Å². The summed E-state index contributed by atoms with van der Waals surface area (Å²) in [4.78, 5) is 12.8. The lowest BCUT2D eigenvalue weighted by Crippen LogP contribution is -2.29. The number of rotatable bonds is 8. The average molecular weight is 439 g/mol. The molecular formula is C24H26N2O4S. The van der Waals surface area contributed by atoms with Crippen LogP contribution in [0, 0.1) is 20.8 Å². The molecule has 0 radical (unpaired) electrons. The Hall–Kier alpha value is -3.32. The Labute approximate surface area is 183 Å². The van der Waals surface area contributed by atoms with E-state index in [1.165, 1.54) is 0 Å². The van der Waals surface area contributed by atoms with Crippen LogP contribution in [0.2, 0.25) is 0 Å². The summed E-state index contributed by atoms with van der Waals surface area (Å²) in [7, 11) is -3.75. The van der Waals surface area contributed by atoms with E-state index in [0.717, 1.165) is 16.9 Å². The van der Waals surface area contributed by atoms with Gasteiger partial charge in [0.1, 0.15) is 12.4 Å². The van der Waals surface area contributed by atoms with Crippen LogP contribution in [0.5, 0.6) is 5.75 Å². The monoisotopic (exact) mass is 438 g/mol. The molecule has 0 saturated carbocycles. The number of nitrogens with one attached hydrogen (secondary N) is 2. The van der Waals surface area contributed by atoms with E-state index in [9.17, 15) is 13.2 Å². The van der Waals surface area contributed by atoms with Gasteiger partial charge < -0.3 is 10.1 Å². The van der Waals surface area contributed by atoms with Crippen molar-refractivity contribution in [1.82, 2.24) is 5.32 Å². The Morgan fingerprint density at radius 2 is 1.48 bits per heavy atom. The predicted molar refractivity (Wildman–Crippen MR) is 122 cm³/mol. The van der Waals surface area contributed by atoms with Crippen LogP contribution < -0.4 is 14.8 Å². The van der Waals surface area contributed by atoms with E-state index in [1.54, 1.807) is 49.4 Å². The minimum Gasteiger partial charge on any atom is -0.492 e. The lowest BCUT2D eigenvalue weighted by Gasteiger charge is -2.14. The number of aryl methyl sites for hydroxylation is 2. The number of benzene rings is 3. The molecule has 0 bridgehead atoms. The molecule has 6 nitrogen and oxygen atoms in total. The first-order valence-corrected chi connectivity index (χ1v) is 11.4. The SMILES string of the molecule is Cc1ccc(OCCNC(=O)c2cccc(NS(=O)(=O)c3ccc(C)cc3)c2C)cc1. The number of anilines is 1. The van der Waals surface area contributed by atoms with Crippen LogP contribution in [0.1, 0.15) is 27.0 Å². The number of hydrogen-bond acceptors (Lipinski definition) is 4. The molecule has 162 valence electrons. The van der Waals surface area contributed by atoms with E-state index >= 15 is 0 Å². The summed E-state index contributed by atoms with van der Waals surface area (Å²) in [6.45, 7) is 6.26. The Morgan fingerprint density at radius 1 is 0.871 bits per heavy atom. The average Bonchev–Trinajstić information content (AvgIpc) is 2.74. The summed E-state index contributed by atoms with van der Waals surface area (Å²) in [5.74, 6) is 0.449. The molecule has 0 aliphatic rings. The molecule has 0 atom stereocenters. The Kier molecular flexibility index (Phi) is 6.97. The largest absolute Gasteiger partial charge is 0.492 e. The van der Waals surface area contributed by atoms with Gasteiger partial charge in [-0.15, -0.1) is 0 Å². The second kappa shape index (κ2) is 9.66. The molecule has 0 aliphatic heterocycles.